The van der Waals surface area contributed by atoms with Crippen molar-refractivity contribution < 1.29 is 24.3 Å². The van der Waals surface area contributed by atoms with Crippen molar-refractivity contribution in [3.05, 3.63) is 49.8 Å². The summed E-state index contributed by atoms with van der Waals surface area (Å²) in [6.07, 6.45) is -0.0464. The van der Waals surface area contributed by atoms with Crippen LogP contribution in [0, 0.1) is 10.1 Å². The zero-order chi connectivity index (χ0) is 20.0. The normalized spacial score (nSPS) is 10.4. The number of carbonyl (C=O) groups excluding carboxylic acids is 1. The Labute approximate surface area is 157 Å². The van der Waals surface area contributed by atoms with Gasteiger partial charge >= 0.3 is 11.7 Å². The van der Waals surface area contributed by atoms with Crippen LogP contribution in [0.25, 0.3) is 0 Å². The van der Waals surface area contributed by atoms with Crippen LogP contribution in [-0.4, -0.2) is 40.2 Å². The second kappa shape index (κ2) is 9.03. The first-order valence-corrected chi connectivity index (χ1v) is 8.67. The van der Waals surface area contributed by atoms with E-state index in [0.717, 1.165) is 11.8 Å². The molecule has 0 amide bonds. The number of aromatic nitrogens is 2. The molecule has 0 aliphatic carbocycles. The van der Waals surface area contributed by atoms with Gasteiger partial charge in [-0.3, -0.25) is 19.7 Å². The molecule has 0 aliphatic rings. The van der Waals surface area contributed by atoms with Crippen LogP contribution >= 0.6 is 11.8 Å². The number of nitro groups is 1. The predicted molar refractivity (Wildman–Crippen MR) is 96.1 cm³/mol. The average Bonchev–Trinajstić information content (AvgIpc) is 2.64. The first-order chi connectivity index (χ1) is 12.8. The van der Waals surface area contributed by atoms with Crippen LogP contribution in [-0.2, 0) is 21.7 Å². The molecule has 0 bridgehead atoms. The van der Waals surface area contributed by atoms with E-state index >= 15 is 0 Å². The molecular formula is C16H17N3O7S. The summed E-state index contributed by atoms with van der Waals surface area (Å²) in [5, 5.41) is 21.0. The molecule has 2 aromatic rings. The van der Waals surface area contributed by atoms with Crippen molar-refractivity contribution in [1.82, 2.24) is 9.97 Å². The molecule has 10 nitrogen and oxygen atoms in total. The van der Waals surface area contributed by atoms with E-state index in [2.05, 4.69) is 14.7 Å². The summed E-state index contributed by atoms with van der Waals surface area (Å²) < 4.78 is 9.50. The first-order valence-electron chi connectivity index (χ1n) is 7.68. The largest absolute Gasteiger partial charge is 0.493 e. The third-order valence-electron chi connectivity index (χ3n) is 3.60. The molecule has 27 heavy (non-hydrogen) atoms. The van der Waals surface area contributed by atoms with Gasteiger partial charge in [0.2, 0.25) is 5.88 Å². The maximum Gasteiger partial charge on any atom is 0.310 e. The lowest BCUT2D eigenvalue weighted by molar-refractivity contribution is -0.385. The van der Waals surface area contributed by atoms with E-state index in [-0.39, 0.29) is 35.0 Å². The molecular weight excluding hydrogens is 378 g/mol. The zero-order valence-corrected chi connectivity index (χ0v) is 15.4. The number of H-pyrrole nitrogens is 1. The quantitative estimate of drug-likeness (QED) is 0.225. The summed E-state index contributed by atoms with van der Waals surface area (Å²) in [6, 6.07) is 4.42. The van der Waals surface area contributed by atoms with Crippen molar-refractivity contribution in [2.24, 2.45) is 0 Å². The Morgan fingerprint density at radius 2 is 2.15 bits per heavy atom. The number of esters is 1. The fourth-order valence-corrected chi connectivity index (χ4v) is 3.00. The van der Waals surface area contributed by atoms with Gasteiger partial charge in [-0.25, -0.2) is 0 Å². The highest BCUT2D eigenvalue weighted by molar-refractivity contribution is 7.98. The van der Waals surface area contributed by atoms with Gasteiger partial charge in [0.05, 0.1) is 24.7 Å². The Morgan fingerprint density at radius 1 is 1.41 bits per heavy atom. The number of benzene rings is 1. The molecule has 1 heterocycles. The minimum atomic E-state index is -0.546. The number of nitrogens with zero attached hydrogens (tertiary/aromatic N) is 2. The van der Waals surface area contributed by atoms with Gasteiger partial charge in [-0.15, -0.1) is 0 Å². The summed E-state index contributed by atoms with van der Waals surface area (Å²) >= 11 is 1.13. The Hall–Kier alpha value is -3.08. The summed E-state index contributed by atoms with van der Waals surface area (Å²) in [7, 11) is 2.57. The Bertz CT molecular complexity index is 913. The number of rotatable bonds is 8. The maximum absolute atomic E-state index is 12.1. The van der Waals surface area contributed by atoms with E-state index in [1.165, 1.54) is 26.4 Å². The van der Waals surface area contributed by atoms with E-state index in [4.69, 9.17) is 4.74 Å². The van der Waals surface area contributed by atoms with Gasteiger partial charge in [0, 0.05) is 18.2 Å². The number of nitro benzene ring substituents is 1. The number of hydrogen-bond acceptors (Lipinski definition) is 9. The van der Waals surface area contributed by atoms with Gasteiger partial charge in [-0.2, -0.15) is 4.98 Å². The molecule has 0 aliphatic heterocycles. The summed E-state index contributed by atoms with van der Waals surface area (Å²) in [4.78, 5) is 40.0. The molecule has 0 saturated carbocycles. The Balaban J connectivity index is 2.11. The summed E-state index contributed by atoms with van der Waals surface area (Å²) in [6.45, 7) is 0. The monoisotopic (exact) mass is 395 g/mol. The molecule has 0 radical (unpaired) electrons. The van der Waals surface area contributed by atoms with Gasteiger partial charge in [0.25, 0.3) is 5.56 Å². The van der Waals surface area contributed by atoms with Crippen molar-refractivity contribution in [3.63, 3.8) is 0 Å². The highest BCUT2D eigenvalue weighted by Gasteiger charge is 2.16. The fraction of sp³-hybridized carbons (Fsp3) is 0.312. The molecule has 1 aromatic heterocycles. The number of carbonyl (C=O) groups is 1. The van der Waals surface area contributed by atoms with Crippen molar-refractivity contribution >= 4 is 23.4 Å². The van der Waals surface area contributed by atoms with E-state index in [1.807, 2.05) is 0 Å². The average molecular weight is 395 g/mol. The third-order valence-corrected chi connectivity index (χ3v) is 4.54. The molecule has 0 unspecified atom stereocenters. The second-order valence-corrected chi connectivity index (χ2v) is 6.27. The van der Waals surface area contributed by atoms with Crippen LogP contribution < -0.4 is 10.3 Å². The highest BCUT2D eigenvalue weighted by Crippen LogP contribution is 2.30. The van der Waals surface area contributed by atoms with Crippen LogP contribution in [0.3, 0.4) is 0 Å². The lowest BCUT2D eigenvalue weighted by atomic mass is 10.2. The number of ether oxygens (including phenoxy) is 2. The van der Waals surface area contributed by atoms with E-state index in [1.54, 1.807) is 6.07 Å². The van der Waals surface area contributed by atoms with E-state index in [9.17, 15) is 24.8 Å². The van der Waals surface area contributed by atoms with Crippen LogP contribution in [0.1, 0.15) is 17.5 Å². The zero-order valence-electron chi connectivity index (χ0n) is 14.6. The number of aromatic amines is 1. The molecule has 0 saturated heterocycles. The number of thioether (sulfide) groups is 1. The van der Waals surface area contributed by atoms with E-state index < -0.39 is 22.3 Å². The van der Waals surface area contributed by atoms with Gasteiger partial charge in [0.1, 0.15) is 0 Å². The molecule has 2 N–H and O–H groups in total. The lowest BCUT2D eigenvalue weighted by Crippen LogP contribution is -2.16. The third kappa shape index (κ3) is 5.20. The SMILES string of the molecule is COC(=O)CCc1c(O)nc(SCc2ccc([N+](=O)[O-])c(OC)c2)[nH]c1=O. The van der Waals surface area contributed by atoms with Crippen molar-refractivity contribution in [2.75, 3.05) is 14.2 Å². The van der Waals surface area contributed by atoms with Gasteiger partial charge in [0.15, 0.2) is 10.9 Å². The predicted octanol–water partition coefficient (Wildman–Crippen LogP) is 1.79. The topological polar surface area (TPSA) is 145 Å². The van der Waals surface area contributed by atoms with Crippen molar-refractivity contribution in [2.45, 2.75) is 23.8 Å². The van der Waals surface area contributed by atoms with Crippen LogP contribution in [0.15, 0.2) is 28.2 Å². The maximum atomic E-state index is 12.1. The molecule has 0 atom stereocenters. The molecule has 1 aromatic carbocycles. The number of methoxy groups -OCH3 is 2. The molecule has 0 fully saturated rings. The van der Waals surface area contributed by atoms with Gasteiger partial charge < -0.3 is 19.6 Å². The smallest absolute Gasteiger partial charge is 0.310 e. The molecule has 144 valence electrons. The molecule has 11 heteroatoms. The number of hydrogen-bond donors (Lipinski definition) is 2. The van der Waals surface area contributed by atoms with Crippen LogP contribution in [0.2, 0.25) is 0 Å². The van der Waals surface area contributed by atoms with Gasteiger partial charge in [-0.1, -0.05) is 17.8 Å². The molecule has 0 spiro atoms. The van der Waals surface area contributed by atoms with Gasteiger partial charge in [-0.05, 0) is 18.1 Å². The fourth-order valence-electron chi connectivity index (χ4n) is 2.20. The highest BCUT2D eigenvalue weighted by atomic mass is 32.2. The van der Waals surface area contributed by atoms with E-state index in [0.29, 0.717) is 11.3 Å². The second-order valence-electron chi connectivity index (χ2n) is 5.30. The summed E-state index contributed by atoms with van der Waals surface area (Å²) in [5.74, 6) is -0.496. The minimum Gasteiger partial charge on any atom is -0.493 e. The minimum absolute atomic E-state index is 0.00163. The van der Waals surface area contributed by atoms with Crippen molar-refractivity contribution in [1.29, 1.82) is 0 Å². The first kappa shape index (κ1) is 20.2. The standard InChI is InChI=1S/C16H17N3O7S/c1-25-12-7-9(3-5-11(12)19(23)24)8-27-16-17-14(21)10(15(22)18-16)4-6-13(20)26-2/h3,5,7H,4,6,8H2,1-2H3,(H2,17,18,21,22). The van der Waals surface area contributed by atoms with Crippen LogP contribution in [0.4, 0.5) is 5.69 Å². The van der Waals surface area contributed by atoms with Crippen LogP contribution in [0.5, 0.6) is 11.6 Å². The Morgan fingerprint density at radius 3 is 2.74 bits per heavy atom. The number of nitrogens with one attached hydrogen (secondary N) is 1. The van der Waals surface area contributed by atoms with Crippen molar-refractivity contribution in [3.8, 4) is 11.6 Å². The molecule has 2 rings (SSSR count). The number of aromatic hydroxyl groups is 1. The summed E-state index contributed by atoms with van der Waals surface area (Å²) in [5.41, 5.74) is 0.0154. The Kier molecular flexibility index (Phi) is 6.77. The lowest BCUT2D eigenvalue weighted by Gasteiger charge is -2.07.